The van der Waals surface area contributed by atoms with Crippen LogP contribution in [-0.2, 0) is 4.79 Å². The standard InChI is InChI=1S/C17H21N5O2S/c1-9-5-6-13(10(2)7-9)20-16(24)22-15(23)12(4)25-17-19-11(3)8-14(18)21-17/h5-8,12H,1-4H3,(H2,18,19,21)(H2,20,22,23,24)/t12-/m1/s1. The second-order valence-electron chi connectivity index (χ2n) is 5.74. The van der Waals surface area contributed by atoms with Crippen LogP contribution in [0, 0.1) is 20.8 Å². The number of nitrogens with one attached hydrogen (secondary N) is 2. The van der Waals surface area contributed by atoms with Gasteiger partial charge in [0, 0.05) is 17.4 Å². The molecule has 0 spiro atoms. The zero-order valence-corrected chi connectivity index (χ0v) is 15.4. The van der Waals surface area contributed by atoms with Crippen LogP contribution >= 0.6 is 11.8 Å². The molecule has 0 saturated carbocycles. The van der Waals surface area contributed by atoms with E-state index in [-0.39, 0.29) is 0 Å². The van der Waals surface area contributed by atoms with Crippen molar-refractivity contribution in [2.75, 3.05) is 11.1 Å². The Bertz CT molecular complexity index is 789. The monoisotopic (exact) mass is 359 g/mol. The number of carbonyl (C=O) groups is 2. The lowest BCUT2D eigenvalue weighted by Gasteiger charge is -2.13. The van der Waals surface area contributed by atoms with Crippen molar-refractivity contribution in [3.63, 3.8) is 0 Å². The van der Waals surface area contributed by atoms with E-state index in [1.54, 1.807) is 26.0 Å². The second-order valence-corrected chi connectivity index (χ2v) is 7.05. The molecule has 0 aliphatic heterocycles. The average molecular weight is 359 g/mol. The molecule has 132 valence electrons. The molecule has 2 rings (SSSR count). The Morgan fingerprint density at radius 1 is 1.16 bits per heavy atom. The number of aryl methyl sites for hydroxylation is 3. The highest BCUT2D eigenvalue weighted by molar-refractivity contribution is 8.00. The molecule has 0 unspecified atom stereocenters. The normalized spacial score (nSPS) is 11.7. The molecule has 1 aromatic carbocycles. The molecular weight excluding hydrogens is 338 g/mol. The summed E-state index contributed by atoms with van der Waals surface area (Å²) in [4.78, 5) is 32.5. The van der Waals surface area contributed by atoms with Crippen molar-refractivity contribution >= 4 is 35.2 Å². The number of nitrogens with zero attached hydrogens (tertiary/aromatic N) is 2. The molecule has 0 aliphatic carbocycles. The molecule has 0 aliphatic rings. The van der Waals surface area contributed by atoms with E-state index in [4.69, 9.17) is 5.73 Å². The molecule has 1 aromatic heterocycles. The first-order chi connectivity index (χ1) is 11.7. The SMILES string of the molecule is Cc1ccc(NC(=O)NC(=O)[C@@H](C)Sc2nc(C)cc(N)n2)c(C)c1. The second kappa shape index (κ2) is 7.98. The molecule has 1 atom stereocenters. The van der Waals surface area contributed by atoms with E-state index < -0.39 is 17.2 Å². The Hall–Kier alpha value is -2.61. The van der Waals surface area contributed by atoms with Crippen molar-refractivity contribution in [1.82, 2.24) is 15.3 Å². The van der Waals surface area contributed by atoms with Crippen LogP contribution in [0.2, 0.25) is 0 Å². The number of thioether (sulfide) groups is 1. The van der Waals surface area contributed by atoms with Crippen molar-refractivity contribution in [3.05, 3.63) is 41.1 Å². The van der Waals surface area contributed by atoms with Crippen LogP contribution in [0.3, 0.4) is 0 Å². The first kappa shape index (κ1) is 18.7. The number of hydrogen-bond acceptors (Lipinski definition) is 6. The Kier molecular flexibility index (Phi) is 5.97. The quantitative estimate of drug-likeness (QED) is 0.572. The van der Waals surface area contributed by atoms with Gasteiger partial charge in [-0.3, -0.25) is 10.1 Å². The molecule has 25 heavy (non-hydrogen) atoms. The van der Waals surface area contributed by atoms with E-state index in [0.29, 0.717) is 16.7 Å². The number of benzene rings is 1. The maximum Gasteiger partial charge on any atom is 0.325 e. The molecule has 3 amide bonds. The van der Waals surface area contributed by atoms with Crippen LogP contribution in [0.4, 0.5) is 16.3 Å². The van der Waals surface area contributed by atoms with Gasteiger partial charge in [0.2, 0.25) is 5.91 Å². The smallest absolute Gasteiger partial charge is 0.325 e. The summed E-state index contributed by atoms with van der Waals surface area (Å²) < 4.78 is 0. The highest BCUT2D eigenvalue weighted by atomic mass is 32.2. The molecule has 0 fully saturated rings. The van der Waals surface area contributed by atoms with Crippen LogP contribution in [0.15, 0.2) is 29.4 Å². The summed E-state index contributed by atoms with van der Waals surface area (Å²) in [7, 11) is 0. The summed E-state index contributed by atoms with van der Waals surface area (Å²) >= 11 is 1.14. The van der Waals surface area contributed by atoms with Gasteiger partial charge in [0.25, 0.3) is 0 Å². The van der Waals surface area contributed by atoms with Crippen molar-refractivity contribution in [2.45, 2.75) is 38.1 Å². The van der Waals surface area contributed by atoms with Gasteiger partial charge in [-0.25, -0.2) is 14.8 Å². The van der Waals surface area contributed by atoms with Gasteiger partial charge >= 0.3 is 6.03 Å². The van der Waals surface area contributed by atoms with Crippen LogP contribution in [0.5, 0.6) is 0 Å². The molecule has 8 heteroatoms. The van der Waals surface area contributed by atoms with Gasteiger partial charge in [-0.05, 0) is 39.3 Å². The van der Waals surface area contributed by atoms with Crippen molar-refractivity contribution in [2.24, 2.45) is 0 Å². The number of nitrogens with two attached hydrogens (primary N) is 1. The van der Waals surface area contributed by atoms with Gasteiger partial charge < -0.3 is 11.1 Å². The lowest BCUT2D eigenvalue weighted by Crippen LogP contribution is -2.39. The van der Waals surface area contributed by atoms with E-state index in [9.17, 15) is 9.59 Å². The fourth-order valence-corrected chi connectivity index (χ4v) is 2.99. The summed E-state index contributed by atoms with van der Waals surface area (Å²) in [6.45, 7) is 7.33. The fraction of sp³-hybridized carbons (Fsp3) is 0.294. The highest BCUT2D eigenvalue weighted by Crippen LogP contribution is 2.21. The first-order valence-electron chi connectivity index (χ1n) is 7.71. The number of aromatic nitrogens is 2. The highest BCUT2D eigenvalue weighted by Gasteiger charge is 2.19. The maximum absolute atomic E-state index is 12.2. The van der Waals surface area contributed by atoms with Crippen LogP contribution < -0.4 is 16.4 Å². The number of amides is 3. The Labute approximate surface area is 150 Å². The van der Waals surface area contributed by atoms with Gasteiger partial charge in [-0.1, -0.05) is 29.5 Å². The van der Waals surface area contributed by atoms with E-state index in [1.165, 1.54) is 0 Å². The number of carbonyl (C=O) groups excluding carboxylic acids is 2. The minimum atomic E-state index is -0.575. The fourth-order valence-electron chi connectivity index (χ4n) is 2.15. The summed E-state index contributed by atoms with van der Waals surface area (Å²) in [6.07, 6.45) is 0. The van der Waals surface area contributed by atoms with E-state index in [0.717, 1.165) is 28.6 Å². The number of hydrogen-bond donors (Lipinski definition) is 3. The Morgan fingerprint density at radius 2 is 1.88 bits per heavy atom. The van der Waals surface area contributed by atoms with Crippen molar-refractivity contribution in [3.8, 4) is 0 Å². The van der Waals surface area contributed by atoms with Crippen LogP contribution in [-0.4, -0.2) is 27.2 Å². The number of anilines is 2. The minimum absolute atomic E-state index is 0.343. The molecule has 4 N–H and O–H groups in total. The first-order valence-corrected chi connectivity index (χ1v) is 8.59. The molecule has 0 radical (unpaired) electrons. The third-order valence-electron chi connectivity index (χ3n) is 3.37. The minimum Gasteiger partial charge on any atom is -0.384 e. The summed E-state index contributed by atoms with van der Waals surface area (Å²) in [5.74, 6) is -0.0915. The summed E-state index contributed by atoms with van der Waals surface area (Å²) in [5.41, 5.74) is 9.07. The molecule has 7 nitrogen and oxygen atoms in total. The van der Waals surface area contributed by atoms with E-state index >= 15 is 0 Å². The maximum atomic E-state index is 12.2. The summed E-state index contributed by atoms with van der Waals surface area (Å²) in [6, 6.07) is 6.72. The topological polar surface area (TPSA) is 110 Å². The van der Waals surface area contributed by atoms with Gasteiger partial charge in [0.05, 0.1) is 5.25 Å². The average Bonchev–Trinajstić information content (AvgIpc) is 2.49. The molecular formula is C17H21N5O2S. The molecule has 0 saturated heterocycles. The van der Waals surface area contributed by atoms with Gasteiger partial charge in [0.15, 0.2) is 5.16 Å². The lowest BCUT2D eigenvalue weighted by atomic mass is 10.1. The third-order valence-corrected chi connectivity index (χ3v) is 4.33. The van der Waals surface area contributed by atoms with E-state index in [2.05, 4.69) is 20.6 Å². The Morgan fingerprint density at radius 3 is 2.52 bits per heavy atom. The van der Waals surface area contributed by atoms with Gasteiger partial charge in [-0.15, -0.1) is 0 Å². The van der Waals surface area contributed by atoms with Gasteiger partial charge in [0.1, 0.15) is 5.82 Å². The third kappa shape index (κ3) is 5.46. The number of nitrogen functional groups attached to an aromatic ring is 1. The number of rotatable bonds is 4. The summed E-state index contributed by atoms with van der Waals surface area (Å²) in [5, 5.41) is 4.84. The predicted octanol–water partition coefficient (Wildman–Crippen LogP) is 2.81. The van der Waals surface area contributed by atoms with Crippen LogP contribution in [0.25, 0.3) is 0 Å². The zero-order chi connectivity index (χ0) is 18.6. The predicted molar refractivity (Wildman–Crippen MR) is 99.6 cm³/mol. The van der Waals surface area contributed by atoms with Crippen molar-refractivity contribution in [1.29, 1.82) is 0 Å². The van der Waals surface area contributed by atoms with Crippen LogP contribution in [0.1, 0.15) is 23.7 Å². The number of urea groups is 1. The zero-order valence-electron chi connectivity index (χ0n) is 14.6. The molecule has 2 aromatic rings. The van der Waals surface area contributed by atoms with Gasteiger partial charge in [-0.2, -0.15) is 0 Å². The van der Waals surface area contributed by atoms with E-state index in [1.807, 2.05) is 26.0 Å². The number of imide groups is 1. The molecule has 1 heterocycles. The lowest BCUT2D eigenvalue weighted by molar-refractivity contribution is -0.119. The largest absolute Gasteiger partial charge is 0.384 e. The molecule has 0 bridgehead atoms. The Balaban J connectivity index is 1.94. The van der Waals surface area contributed by atoms with Crippen molar-refractivity contribution < 1.29 is 9.59 Å².